The van der Waals surface area contributed by atoms with Crippen molar-refractivity contribution in [3.8, 4) is 0 Å². The highest BCUT2D eigenvalue weighted by Gasteiger charge is 2.11. The van der Waals surface area contributed by atoms with Crippen LogP contribution in [0, 0.1) is 0 Å². The molecule has 1 aromatic carbocycles. The molecule has 0 aliphatic carbocycles. The van der Waals surface area contributed by atoms with E-state index in [-0.39, 0.29) is 26.5 Å². The molecule has 0 saturated heterocycles. The minimum absolute atomic E-state index is 0.0712. The quantitative estimate of drug-likeness (QED) is 0.253. The zero-order valence-electron chi connectivity index (χ0n) is 10.7. The standard InChI is InChI=1S/C16H17IO/c1-4-5-9-13(2)15(12-17-3)16(18)14-10-7-6-8-11-14/h4-12H,1H2,2-3H3/b9-5-,15-13-. The minimum Gasteiger partial charge on any atom is -0.289 e. The van der Waals surface area contributed by atoms with Crippen LogP contribution in [0.3, 0.4) is 0 Å². The molecule has 94 valence electrons. The van der Waals surface area contributed by atoms with E-state index in [1.807, 2.05) is 49.4 Å². The summed E-state index contributed by atoms with van der Waals surface area (Å²) in [5.41, 5.74) is 2.55. The van der Waals surface area contributed by atoms with Crippen LogP contribution >= 0.6 is 20.7 Å². The molecule has 0 unspecified atom stereocenters. The van der Waals surface area contributed by atoms with Gasteiger partial charge >= 0.3 is 0 Å². The maximum absolute atomic E-state index is 12.4. The second-order valence-corrected chi connectivity index (χ2v) is 5.58. The van der Waals surface area contributed by atoms with Gasteiger partial charge in [-0.3, -0.25) is 4.79 Å². The molecule has 2 heteroatoms. The highest BCUT2D eigenvalue weighted by atomic mass is 127. The molecule has 1 nitrogen and oxygen atoms in total. The van der Waals surface area contributed by atoms with Crippen molar-refractivity contribution < 1.29 is 4.79 Å². The summed E-state index contributed by atoms with van der Waals surface area (Å²) in [5.74, 6) is 0.100. The molecule has 0 aliphatic rings. The van der Waals surface area contributed by atoms with Crippen molar-refractivity contribution in [2.75, 3.05) is 4.93 Å². The van der Waals surface area contributed by atoms with Gasteiger partial charge in [-0.15, -0.1) is 20.7 Å². The molecular weight excluding hydrogens is 335 g/mol. The van der Waals surface area contributed by atoms with Crippen molar-refractivity contribution in [3.05, 3.63) is 71.8 Å². The molecule has 0 N–H and O–H groups in total. The van der Waals surface area contributed by atoms with E-state index < -0.39 is 0 Å². The number of alkyl halides is 1. The number of carbonyl (C=O) groups excluding carboxylic acids is 1. The number of allylic oxidation sites excluding steroid dienone is 5. The lowest BCUT2D eigenvalue weighted by molar-refractivity contribution is 0.104. The van der Waals surface area contributed by atoms with E-state index in [2.05, 4.69) is 15.5 Å². The highest BCUT2D eigenvalue weighted by Crippen LogP contribution is 2.14. The molecule has 18 heavy (non-hydrogen) atoms. The zero-order chi connectivity index (χ0) is 13.4. The van der Waals surface area contributed by atoms with Crippen LogP contribution in [0.5, 0.6) is 0 Å². The maximum atomic E-state index is 12.4. The molecule has 1 aromatic rings. The van der Waals surface area contributed by atoms with Gasteiger partial charge in [-0.1, -0.05) is 55.1 Å². The van der Waals surface area contributed by atoms with Crippen LogP contribution in [0.2, 0.25) is 0 Å². The second-order valence-electron chi connectivity index (χ2n) is 3.71. The lowest BCUT2D eigenvalue weighted by atomic mass is 10.0. The van der Waals surface area contributed by atoms with Crippen LogP contribution in [-0.4, -0.2) is 14.7 Å². The molecule has 1 rings (SSSR count). The highest BCUT2D eigenvalue weighted by molar-refractivity contribution is 14.2. The summed E-state index contributed by atoms with van der Waals surface area (Å²) < 4.78 is 2.08. The summed E-state index contributed by atoms with van der Waals surface area (Å²) in [4.78, 5) is 14.5. The summed E-state index contributed by atoms with van der Waals surface area (Å²) >= 11 is -0.0712. The van der Waals surface area contributed by atoms with Crippen LogP contribution in [0.4, 0.5) is 0 Å². The van der Waals surface area contributed by atoms with Gasteiger partial charge in [0.05, 0.1) is 0 Å². The summed E-state index contributed by atoms with van der Waals surface area (Å²) in [7, 11) is 0. The number of benzene rings is 1. The van der Waals surface area contributed by atoms with Gasteiger partial charge < -0.3 is 0 Å². The topological polar surface area (TPSA) is 17.1 Å². The molecule has 0 aliphatic heterocycles. The first kappa shape index (κ1) is 14.8. The van der Waals surface area contributed by atoms with Gasteiger partial charge in [-0.25, -0.2) is 0 Å². The minimum atomic E-state index is -0.0712. The van der Waals surface area contributed by atoms with Crippen LogP contribution in [0.1, 0.15) is 17.3 Å². The van der Waals surface area contributed by atoms with Gasteiger partial charge in [-0.2, -0.15) is 0 Å². The molecule has 0 heterocycles. The van der Waals surface area contributed by atoms with E-state index in [9.17, 15) is 4.79 Å². The fourth-order valence-electron chi connectivity index (χ4n) is 1.47. The van der Waals surface area contributed by atoms with E-state index >= 15 is 0 Å². The van der Waals surface area contributed by atoms with Gasteiger partial charge in [0, 0.05) is 11.1 Å². The first-order valence-electron chi connectivity index (χ1n) is 5.61. The average molecular weight is 352 g/mol. The Morgan fingerprint density at radius 1 is 1.28 bits per heavy atom. The number of carbonyl (C=O) groups is 1. The molecule has 0 radical (unpaired) electrons. The second kappa shape index (κ2) is 7.93. The van der Waals surface area contributed by atoms with Gasteiger partial charge in [0.25, 0.3) is 0 Å². The molecule has 0 spiro atoms. The van der Waals surface area contributed by atoms with E-state index in [0.717, 1.165) is 16.7 Å². The third kappa shape index (κ3) is 4.18. The number of halogens is 1. The Bertz CT molecular complexity index is 507. The van der Waals surface area contributed by atoms with E-state index in [4.69, 9.17) is 0 Å². The fourth-order valence-corrected chi connectivity index (χ4v) is 2.87. The Kier molecular flexibility index (Phi) is 6.50. The Hall–Kier alpha value is -1.29. The van der Waals surface area contributed by atoms with E-state index in [0.29, 0.717) is 0 Å². The predicted octanol–water partition coefficient (Wildman–Crippen LogP) is 4.33. The molecular formula is C16H17IO. The van der Waals surface area contributed by atoms with Gasteiger partial charge in [-0.05, 0) is 21.4 Å². The monoisotopic (exact) mass is 352 g/mol. The summed E-state index contributed by atoms with van der Waals surface area (Å²) in [6, 6.07) is 9.41. The van der Waals surface area contributed by atoms with Gasteiger partial charge in [0.2, 0.25) is 0 Å². The lowest BCUT2D eigenvalue weighted by Crippen LogP contribution is -2.05. The SMILES string of the molecule is C=C/C=C\C(C)=C(\C=IC)C(=O)c1ccccc1. The predicted molar refractivity (Wildman–Crippen MR) is 88.8 cm³/mol. The Morgan fingerprint density at radius 2 is 1.94 bits per heavy atom. The van der Waals surface area contributed by atoms with Crippen molar-refractivity contribution >= 4 is 30.5 Å². The number of hydrogen-bond acceptors (Lipinski definition) is 1. The third-order valence-corrected chi connectivity index (χ3v) is 3.65. The number of ketones is 1. The zero-order valence-corrected chi connectivity index (χ0v) is 12.8. The van der Waals surface area contributed by atoms with Crippen LogP contribution < -0.4 is 0 Å². The smallest absolute Gasteiger partial charge is 0.193 e. The van der Waals surface area contributed by atoms with Crippen LogP contribution in [0.15, 0.2) is 66.3 Å². The van der Waals surface area contributed by atoms with Crippen molar-refractivity contribution in [2.45, 2.75) is 6.92 Å². The average Bonchev–Trinajstić information content (AvgIpc) is 2.42. The molecule has 0 atom stereocenters. The third-order valence-electron chi connectivity index (χ3n) is 2.41. The normalized spacial score (nSPS) is 13.2. The summed E-state index contributed by atoms with van der Waals surface area (Å²) in [6.07, 6.45) is 5.50. The van der Waals surface area contributed by atoms with Crippen molar-refractivity contribution in [3.63, 3.8) is 0 Å². The van der Waals surface area contributed by atoms with Crippen molar-refractivity contribution in [1.82, 2.24) is 0 Å². The van der Waals surface area contributed by atoms with Gasteiger partial charge in [0.15, 0.2) is 5.78 Å². The van der Waals surface area contributed by atoms with Gasteiger partial charge in [0.1, 0.15) is 0 Å². The molecule has 0 amide bonds. The number of rotatable bonds is 5. The van der Waals surface area contributed by atoms with Crippen LogP contribution in [0.25, 0.3) is 0 Å². The Labute approximate surface area is 119 Å². The van der Waals surface area contributed by atoms with Crippen molar-refractivity contribution in [2.24, 2.45) is 0 Å². The molecule has 0 bridgehead atoms. The number of hydrogen-bond donors (Lipinski definition) is 0. The largest absolute Gasteiger partial charge is 0.289 e. The molecule has 0 saturated carbocycles. The lowest BCUT2D eigenvalue weighted by Gasteiger charge is -2.04. The summed E-state index contributed by atoms with van der Waals surface area (Å²) in [6.45, 7) is 5.61. The summed E-state index contributed by atoms with van der Waals surface area (Å²) in [5, 5.41) is 0. The fraction of sp³-hybridized carbons (Fsp3) is 0.125. The Morgan fingerprint density at radius 3 is 2.50 bits per heavy atom. The first-order chi connectivity index (χ1) is 8.70. The first-order valence-corrected chi connectivity index (χ1v) is 9.02. The van der Waals surface area contributed by atoms with Crippen molar-refractivity contribution in [1.29, 1.82) is 0 Å². The van der Waals surface area contributed by atoms with Crippen LogP contribution in [-0.2, 0) is 0 Å². The maximum Gasteiger partial charge on any atom is 0.193 e. The Balaban J connectivity index is 3.18. The molecule has 0 aromatic heterocycles. The number of Topliss-reactive ketones (excluding diaryl/α,β-unsaturated/α-hetero) is 1. The van der Waals surface area contributed by atoms with E-state index in [1.54, 1.807) is 6.08 Å². The molecule has 0 fully saturated rings. The van der Waals surface area contributed by atoms with E-state index in [1.165, 1.54) is 0 Å².